The van der Waals surface area contributed by atoms with Gasteiger partial charge in [0, 0.05) is 19.2 Å². The lowest BCUT2D eigenvalue weighted by atomic mass is 10.2. The van der Waals surface area contributed by atoms with Crippen LogP contribution in [0.1, 0.15) is 27.9 Å². The van der Waals surface area contributed by atoms with Gasteiger partial charge in [-0.25, -0.2) is 13.8 Å². The van der Waals surface area contributed by atoms with Crippen molar-refractivity contribution in [2.45, 2.75) is 20.4 Å². The summed E-state index contributed by atoms with van der Waals surface area (Å²) < 4.78 is 26.1. The third-order valence-electron chi connectivity index (χ3n) is 2.71. The van der Waals surface area contributed by atoms with Crippen molar-refractivity contribution in [3.05, 3.63) is 46.0 Å². The number of thiazole rings is 1. The second-order valence-electron chi connectivity index (χ2n) is 4.42. The van der Waals surface area contributed by atoms with Crippen LogP contribution in [-0.2, 0) is 6.54 Å². The van der Waals surface area contributed by atoms with E-state index in [1.807, 2.05) is 6.92 Å². The first-order valence-electron chi connectivity index (χ1n) is 6.44. The van der Waals surface area contributed by atoms with E-state index >= 15 is 0 Å². The van der Waals surface area contributed by atoms with E-state index < -0.39 is 11.6 Å². The second-order valence-corrected chi connectivity index (χ2v) is 5.42. The molecule has 0 aliphatic heterocycles. The smallest absolute Gasteiger partial charge is 0.263 e. The Labute approximate surface area is 125 Å². The van der Waals surface area contributed by atoms with Crippen LogP contribution in [0.15, 0.2) is 18.2 Å². The number of nitrogens with one attached hydrogen (secondary N) is 2. The molecule has 2 rings (SSSR count). The zero-order valence-corrected chi connectivity index (χ0v) is 12.5. The molecule has 0 aliphatic rings. The van der Waals surface area contributed by atoms with Gasteiger partial charge in [-0.05, 0) is 31.5 Å². The highest BCUT2D eigenvalue weighted by molar-refractivity contribution is 7.17. The summed E-state index contributed by atoms with van der Waals surface area (Å²) in [4.78, 5) is 16.8. The number of halogens is 2. The van der Waals surface area contributed by atoms with Crippen molar-refractivity contribution in [3.63, 3.8) is 0 Å². The maximum atomic E-state index is 13.1. The fourth-order valence-electron chi connectivity index (χ4n) is 1.81. The van der Waals surface area contributed by atoms with Gasteiger partial charge in [-0.1, -0.05) is 11.3 Å². The van der Waals surface area contributed by atoms with E-state index in [-0.39, 0.29) is 12.5 Å². The van der Waals surface area contributed by atoms with Gasteiger partial charge in [0.15, 0.2) is 5.13 Å². The summed E-state index contributed by atoms with van der Waals surface area (Å²) in [5, 5.41) is 6.35. The molecule has 7 heteroatoms. The van der Waals surface area contributed by atoms with Crippen LogP contribution in [0.4, 0.5) is 13.9 Å². The van der Waals surface area contributed by atoms with E-state index in [0.717, 1.165) is 12.6 Å². The molecule has 0 atom stereocenters. The first kappa shape index (κ1) is 15.4. The number of aryl methyl sites for hydroxylation is 1. The molecule has 0 unspecified atom stereocenters. The van der Waals surface area contributed by atoms with Crippen molar-refractivity contribution < 1.29 is 13.6 Å². The number of carbonyl (C=O) groups is 1. The monoisotopic (exact) mass is 311 g/mol. The highest BCUT2D eigenvalue weighted by atomic mass is 32.1. The standard InChI is InChI=1S/C14H15F2N3OS/c1-3-17-14-19-8(2)12(21-14)13(20)18-7-9-4-10(15)6-11(16)5-9/h4-6H,3,7H2,1-2H3,(H,17,19)(H,18,20). The first-order valence-corrected chi connectivity index (χ1v) is 7.25. The van der Waals surface area contributed by atoms with Crippen LogP contribution in [0.5, 0.6) is 0 Å². The molecule has 0 bridgehead atoms. The molecule has 1 aromatic carbocycles. The Morgan fingerprint density at radius 1 is 1.29 bits per heavy atom. The summed E-state index contributed by atoms with van der Waals surface area (Å²) in [6.45, 7) is 4.46. The van der Waals surface area contributed by atoms with Gasteiger partial charge < -0.3 is 10.6 Å². The van der Waals surface area contributed by atoms with Gasteiger partial charge >= 0.3 is 0 Å². The van der Waals surface area contributed by atoms with Gasteiger partial charge in [0.05, 0.1) is 5.69 Å². The number of hydrogen-bond donors (Lipinski definition) is 2. The van der Waals surface area contributed by atoms with Gasteiger partial charge in [-0.15, -0.1) is 0 Å². The predicted molar refractivity (Wildman–Crippen MR) is 78.5 cm³/mol. The fraction of sp³-hybridized carbons (Fsp3) is 0.286. The van der Waals surface area contributed by atoms with Crippen LogP contribution in [0.3, 0.4) is 0 Å². The number of nitrogens with zero attached hydrogens (tertiary/aromatic N) is 1. The van der Waals surface area contributed by atoms with E-state index in [1.54, 1.807) is 6.92 Å². The topological polar surface area (TPSA) is 54.0 Å². The Bertz CT molecular complexity index is 637. The number of carbonyl (C=O) groups excluding carboxylic acids is 1. The van der Waals surface area contributed by atoms with Crippen LogP contribution < -0.4 is 10.6 Å². The summed E-state index contributed by atoms with van der Waals surface area (Å²) in [7, 11) is 0. The summed E-state index contributed by atoms with van der Waals surface area (Å²) in [5.41, 5.74) is 0.994. The summed E-state index contributed by atoms with van der Waals surface area (Å²) in [6.07, 6.45) is 0. The van der Waals surface area contributed by atoms with Crippen LogP contribution in [0.2, 0.25) is 0 Å². The number of hydrogen-bond acceptors (Lipinski definition) is 4. The average molecular weight is 311 g/mol. The SMILES string of the molecule is CCNc1nc(C)c(C(=O)NCc2cc(F)cc(F)c2)s1. The Hall–Kier alpha value is -2.02. The van der Waals surface area contributed by atoms with Crippen LogP contribution in [0, 0.1) is 18.6 Å². The van der Waals surface area contributed by atoms with Crippen LogP contribution >= 0.6 is 11.3 Å². The Morgan fingerprint density at radius 2 is 1.95 bits per heavy atom. The fourth-order valence-corrected chi connectivity index (χ4v) is 2.76. The van der Waals surface area contributed by atoms with E-state index in [0.29, 0.717) is 21.3 Å². The van der Waals surface area contributed by atoms with E-state index in [1.165, 1.54) is 23.5 Å². The van der Waals surface area contributed by atoms with E-state index in [2.05, 4.69) is 15.6 Å². The van der Waals surface area contributed by atoms with Crippen molar-refractivity contribution in [2.24, 2.45) is 0 Å². The Balaban J connectivity index is 2.04. The molecule has 0 spiro atoms. The molecule has 0 aliphatic carbocycles. The molecule has 2 N–H and O–H groups in total. The first-order chi connectivity index (χ1) is 9.99. The maximum Gasteiger partial charge on any atom is 0.263 e. The maximum absolute atomic E-state index is 13.1. The van der Waals surface area contributed by atoms with Crippen LogP contribution in [-0.4, -0.2) is 17.4 Å². The van der Waals surface area contributed by atoms with Crippen molar-refractivity contribution in [2.75, 3.05) is 11.9 Å². The summed E-state index contributed by atoms with van der Waals surface area (Å²) in [6, 6.07) is 3.17. The van der Waals surface area contributed by atoms with E-state index in [9.17, 15) is 13.6 Å². The minimum atomic E-state index is -0.664. The summed E-state index contributed by atoms with van der Waals surface area (Å²) >= 11 is 1.25. The van der Waals surface area contributed by atoms with Crippen molar-refractivity contribution >= 4 is 22.4 Å². The van der Waals surface area contributed by atoms with Gasteiger partial charge in [0.1, 0.15) is 16.5 Å². The highest BCUT2D eigenvalue weighted by Crippen LogP contribution is 2.22. The minimum Gasteiger partial charge on any atom is -0.362 e. The number of aromatic nitrogens is 1. The van der Waals surface area contributed by atoms with Gasteiger partial charge in [-0.3, -0.25) is 4.79 Å². The zero-order valence-electron chi connectivity index (χ0n) is 11.7. The molecular weight excluding hydrogens is 296 g/mol. The van der Waals surface area contributed by atoms with Crippen molar-refractivity contribution in [1.82, 2.24) is 10.3 Å². The summed E-state index contributed by atoms with van der Waals surface area (Å²) in [5.74, 6) is -1.64. The molecule has 1 amide bonds. The third kappa shape index (κ3) is 3.98. The molecule has 2 aromatic rings. The molecule has 0 radical (unpaired) electrons. The zero-order chi connectivity index (χ0) is 15.4. The number of amides is 1. The van der Waals surface area contributed by atoms with Crippen LogP contribution in [0.25, 0.3) is 0 Å². The van der Waals surface area contributed by atoms with Gasteiger partial charge in [0.25, 0.3) is 5.91 Å². The number of anilines is 1. The lowest BCUT2D eigenvalue weighted by molar-refractivity contribution is 0.0954. The molecule has 1 aromatic heterocycles. The Morgan fingerprint density at radius 3 is 2.57 bits per heavy atom. The molecule has 0 saturated carbocycles. The largest absolute Gasteiger partial charge is 0.362 e. The van der Waals surface area contributed by atoms with Gasteiger partial charge in [0.2, 0.25) is 0 Å². The second kappa shape index (κ2) is 6.62. The third-order valence-corrected chi connectivity index (χ3v) is 3.82. The molecular formula is C14H15F2N3OS. The van der Waals surface area contributed by atoms with Crippen molar-refractivity contribution in [3.8, 4) is 0 Å². The lowest BCUT2D eigenvalue weighted by Gasteiger charge is -2.05. The molecule has 0 saturated heterocycles. The normalized spacial score (nSPS) is 10.5. The Kier molecular flexibility index (Phi) is 4.85. The predicted octanol–water partition coefficient (Wildman–Crippen LogP) is 3.09. The molecule has 1 heterocycles. The molecule has 4 nitrogen and oxygen atoms in total. The number of rotatable bonds is 5. The minimum absolute atomic E-state index is 0.0569. The highest BCUT2D eigenvalue weighted by Gasteiger charge is 2.15. The molecule has 0 fully saturated rings. The lowest BCUT2D eigenvalue weighted by Crippen LogP contribution is -2.22. The molecule has 21 heavy (non-hydrogen) atoms. The average Bonchev–Trinajstić information content (AvgIpc) is 2.76. The van der Waals surface area contributed by atoms with E-state index in [4.69, 9.17) is 0 Å². The van der Waals surface area contributed by atoms with Crippen molar-refractivity contribution in [1.29, 1.82) is 0 Å². The molecule has 112 valence electrons. The quantitative estimate of drug-likeness (QED) is 0.892. The van der Waals surface area contributed by atoms with Gasteiger partial charge in [-0.2, -0.15) is 0 Å². The number of benzene rings is 1.